The first-order chi connectivity index (χ1) is 12.5. The van der Waals surface area contributed by atoms with Gasteiger partial charge in [0, 0.05) is 0 Å². The van der Waals surface area contributed by atoms with Crippen molar-refractivity contribution in [1.29, 1.82) is 0 Å². The summed E-state index contributed by atoms with van der Waals surface area (Å²) >= 11 is 0. The molecule has 0 spiro atoms. The van der Waals surface area contributed by atoms with Gasteiger partial charge in [0.05, 0.1) is 0 Å². The Morgan fingerprint density at radius 2 is 0.840 bits per heavy atom. The van der Waals surface area contributed by atoms with Crippen LogP contribution < -0.4 is 0 Å². The molecule has 0 unspecified atom stereocenters. The highest BCUT2D eigenvalue weighted by atomic mass is 14.1. The van der Waals surface area contributed by atoms with Gasteiger partial charge in [-0.25, -0.2) is 0 Å². The SMILES string of the molecule is C1=C\C/C2=C(/CCCCCCC/C=C\CC2)CCCCCCCCC/1. The summed E-state index contributed by atoms with van der Waals surface area (Å²) in [5.41, 5.74) is 3.63. The van der Waals surface area contributed by atoms with Crippen molar-refractivity contribution in [2.75, 3.05) is 0 Å². The highest BCUT2D eigenvalue weighted by Gasteiger charge is 2.07. The molecule has 0 aromatic carbocycles. The Labute approximate surface area is 157 Å². The first kappa shape index (κ1) is 20.5. The van der Waals surface area contributed by atoms with E-state index in [2.05, 4.69) is 24.3 Å². The first-order valence-electron chi connectivity index (χ1n) is 11.5. The average Bonchev–Trinajstić information content (AvgIpc) is 2.64. The van der Waals surface area contributed by atoms with Crippen molar-refractivity contribution in [3.8, 4) is 0 Å². The van der Waals surface area contributed by atoms with Crippen LogP contribution in [0.25, 0.3) is 0 Å². The van der Waals surface area contributed by atoms with Gasteiger partial charge in [-0.2, -0.15) is 0 Å². The van der Waals surface area contributed by atoms with E-state index < -0.39 is 0 Å². The summed E-state index contributed by atoms with van der Waals surface area (Å²) in [4.78, 5) is 0. The van der Waals surface area contributed by atoms with Gasteiger partial charge < -0.3 is 0 Å². The molecule has 0 aromatic heterocycles. The summed E-state index contributed by atoms with van der Waals surface area (Å²) in [5, 5.41) is 0. The third-order valence-corrected chi connectivity index (χ3v) is 6.01. The van der Waals surface area contributed by atoms with Gasteiger partial charge in [-0.3, -0.25) is 0 Å². The quantitative estimate of drug-likeness (QED) is 0.386. The molecule has 0 N–H and O–H groups in total. The molecule has 0 saturated heterocycles. The number of rotatable bonds is 0. The Bertz CT molecular complexity index is 410. The molecule has 0 bridgehead atoms. The van der Waals surface area contributed by atoms with Crippen LogP contribution in [0.2, 0.25) is 0 Å². The molecule has 0 atom stereocenters. The molecule has 0 fully saturated rings. The predicted molar refractivity (Wildman–Crippen MR) is 113 cm³/mol. The molecule has 2 aliphatic rings. The smallest absolute Gasteiger partial charge is 0.0136 e. The van der Waals surface area contributed by atoms with Crippen molar-refractivity contribution in [1.82, 2.24) is 0 Å². The molecule has 0 nitrogen and oxygen atoms in total. The van der Waals surface area contributed by atoms with Gasteiger partial charge in [-0.15, -0.1) is 0 Å². The standard InChI is InChI=1S/C25H42/c1-2-5-9-13-17-21-25-23-19-15-11-7-3-6-10-14-18-22-24(25)20-16-12-8-4-1/h10,12,14,16H,1-9,11,13,15,17-23H2/b14-10-,16-12-,25-24-. The normalized spacial score (nSPS) is 29.1. The van der Waals surface area contributed by atoms with Gasteiger partial charge in [-0.05, 0) is 70.6 Å². The van der Waals surface area contributed by atoms with Crippen LogP contribution in [-0.4, -0.2) is 0 Å². The molecule has 142 valence electrons. The van der Waals surface area contributed by atoms with Crippen molar-refractivity contribution < 1.29 is 0 Å². The van der Waals surface area contributed by atoms with Gasteiger partial charge in [0.1, 0.15) is 0 Å². The molecule has 0 aliphatic heterocycles. The fourth-order valence-corrected chi connectivity index (χ4v) is 4.35. The van der Waals surface area contributed by atoms with Crippen molar-refractivity contribution in [3.05, 3.63) is 35.5 Å². The molecule has 25 heavy (non-hydrogen) atoms. The van der Waals surface area contributed by atoms with Crippen molar-refractivity contribution >= 4 is 0 Å². The van der Waals surface area contributed by atoms with Crippen LogP contribution in [0.3, 0.4) is 0 Å². The zero-order valence-electron chi connectivity index (χ0n) is 16.7. The van der Waals surface area contributed by atoms with Crippen LogP contribution in [0.5, 0.6) is 0 Å². The Morgan fingerprint density at radius 1 is 0.360 bits per heavy atom. The number of allylic oxidation sites excluding steroid dienone is 6. The van der Waals surface area contributed by atoms with E-state index in [0.29, 0.717) is 0 Å². The minimum Gasteiger partial charge on any atom is -0.0885 e. The molecule has 2 rings (SSSR count). The van der Waals surface area contributed by atoms with E-state index in [9.17, 15) is 0 Å². The number of hydrogen-bond acceptors (Lipinski definition) is 0. The fourth-order valence-electron chi connectivity index (χ4n) is 4.35. The molecule has 0 heteroatoms. The van der Waals surface area contributed by atoms with E-state index in [-0.39, 0.29) is 0 Å². The molecule has 0 saturated carbocycles. The first-order valence-corrected chi connectivity index (χ1v) is 11.5. The lowest BCUT2D eigenvalue weighted by atomic mass is 9.91. The summed E-state index contributed by atoms with van der Waals surface area (Å²) < 4.78 is 0. The fraction of sp³-hybridized carbons (Fsp3) is 0.760. The van der Waals surface area contributed by atoms with Crippen molar-refractivity contribution in [3.63, 3.8) is 0 Å². The molecular formula is C25H42. The Balaban J connectivity index is 2.03. The largest absolute Gasteiger partial charge is 0.0885 e. The summed E-state index contributed by atoms with van der Waals surface area (Å²) in [5.74, 6) is 0. The second kappa shape index (κ2) is 14.4. The highest BCUT2D eigenvalue weighted by molar-refractivity contribution is 5.18. The van der Waals surface area contributed by atoms with Gasteiger partial charge in [0.15, 0.2) is 0 Å². The lowest BCUT2D eigenvalue weighted by Crippen LogP contribution is -1.95. The van der Waals surface area contributed by atoms with Crippen LogP contribution in [0, 0.1) is 0 Å². The Kier molecular flexibility index (Phi) is 11.8. The van der Waals surface area contributed by atoms with Crippen LogP contribution in [0.4, 0.5) is 0 Å². The third kappa shape index (κ3) is 10.1. The molecule has 0 aromatic rings. The highest BCUT2D eigenvalue weighted by Crippen LogP contribution is 2.27. The van der Waals surface area contributed by atoms with Crippen LogP contribution in [-0.2, 0) is 0 Å². The molecule has 2 aliphatic carbocycles. The summed E-state index contributed by atoms with van der Waals surface area (Å²) in [6, 6.07) is 0. The van der Waals surface area contributed by atoms with Crippen LogP contribution in [0.15, 0.2) is 35.5 Å². The maximum absolute atomic E-state index is 2.49. The maximum atomic E-state index is 2.49. The Morgan fingerprint density at radius 3 is 1.48 bits per heavy atom. The van der Waals surface area contributed by atoms with Crippen LogP contribution in [0.1, 0.15) is 122 Å². The summed E-state index contributed by atoms with van der Waals surface area (Å²) in [6.07, 6.45) is 36.2. The monoisotopic (exact) mass is 342 g/mol. The van der Waals surface area contributed by atoms with Gasteiger partial charge in [0.25, 0.3) is 0 Å². The zero-order chi connectivity index (χ0) is 17.4. The second-order valence-corrected chi connectivity index (χ2v) is 8.21. The lowest BCUT2D eigenvalue weighted by Gasteiger charge is -2.15. The van der Waals surface area contributed by atoms with Crippen LogP contribution >= 0.6 is 0 Å². The van der Waals surface area contributed by atoms with Gasteiger partial charge in [0.2, 0.25) is 0 Å². The van der Waals surface area contributed by atoms with Gasteiger partial charge >= 0.3 is 0 Å². The minimum absolute atomic E-state index is 1.23. The Hall–Kier alpha value is -0.780. The van der Waals surface area contributed by atoms with E-state index in [1.165, 1.54) is 122 Å². The third-order valence-electron chi connectivity index (χ3n) is 6.01. The number of hydrogen-bond donors (Lipinski definition) is 0. The van der Waals surface area contributed by atoms with E-state index in [1.54, 1.807) is 5.57 Å². The molecule has 0 heterocycles. The summed E-state index contributed by atoms with van der Waals surface area (Å²) in [6.45, 7) is 0. The predicted octanol–water partition coefficient (Wildman–Crippen LogP) is 8.83. The molecule has 0 amide bonds. The van der Waals surface area contributed by atoms with E-state index >= 15 is 0 Å². The van der Waals surface area contributed by atoms with Crippen molar-refractivity contribution in [2.24, 2.45) is 0 Å². The zero-order valence-corrected chi connectivity index (χ0v) is 16.7. The minimum atomic E-state index is 1.23. The topological polar surface area (TPSA) is 0 Å². The molecular weight excluding hydrogens is 300 g/mol. The maximum Gasteiger partial charge on any atom is -0.0136 e. The average molecular weight is 343 g/mol. The second-order valence-electron chi connectivity index (χ2n) is 8.21. The lowest BCUT2D eigenvalue weighted by molar-refractivity contribution is 0.568. The van der Waals surface area contributed by atoms with E-state index in [1.807, 2.05) is 5.57 Å². The summed E-state index contributed by atoms with van der Waals surface area (Å²) in [7, 11) is 0. The van der Waals surface area contributed by atoms with Gasteiger partial charge in [-0.1, -0.05) is 86.8 Å². The van der Waals surface area contributed by atoms with Crippen molar-refractivity contribution in [2.45, 2.75) is 122 Å². The van der Waals surface area contributed by atoms with E-state index in [0.717, 1.165) is 0 Å². The van der Waals surface area contributed by atoms with E-state index in [4.69, 9.17) is 0 Å². The molecule has 0 radical (unpaired) electrons.